The molecule has 0 aromatic heterocycles. The third-order valence-corrected chi connectivity index (χ3v) is 5.66. The highest BCUT2D eigenvalue weighted by atomic mass is 32.2. The first-order valence-corrected chi connectivity index (χ1v) is 7.94. The first kappa shape index (κ1) is 13.7. The van der Waals surface area contributed by atoms with Gasteiger partial charge in [-0.15, -0.1) is 0 Å². The van der Waals surface area contributed by atoms with Crippen molar-refractivity contribution < 1.29 is 10.2 Å². The minimum Gasteiger partial charge on any atom is -0.390 e. The fraction of sp³-hybridized carbons (Fsp3) is 1.00. The van der Waals surface area contributed by atoms with Gasteiger partial charge >= 0.3 is 0 Å². The predicted octanol–water partition coefficient (Wildman–Crippen LogP) is 1.38. The number of aliphatic hydroxyl groups is 2. The zero-order valence-corrected chi connectivity index (χ0v) is 11.5. The molecule has 2 aliphatic rings. The molecular weight excluding hydrogens is 234 g/mol. The van der Waals surface area contributed by atoms with Gasteiger partial charge < -0.3 is 15.5 Å². The van der Waals surface area contributed by atoms with E-state index >= 15 is 0 Å². The number of hydrogen-bond acceptors (Lipinski definition) is 4. The molecule has 0 unspecified atom stereocenters. The Balaban J connectivity index is 1.67. The van der Waals surface area contributed by atoms with E-state index in [1.54, 1.807) is 0 Å². The van der Waals surface area contributed by atoms with Crippen molar-refractivity contribution in [1.29, 1.82) is 0 Å². The maximum absolute atomic E-state index is 9.83. The summed E-state index contributed by atoms with van der Waals surface area (Å²) in [5, 5.41) is 23.6. The first-order valence-electron chi connectivity index (χ1n) is 6.89. The minimum atomic E-state index is -0.594. The van der Waals surface area contributed by atoms with Crippen LogP contribution in [0.3, 0.4) is 0 Å². The Morgan fingerprint density at radius 1 is 1.24 bits per heavy atom. The smallest absolute Gasteiger partial charge is 0.0926 e. The number of piperidine rings is 1. The fourth-order valence-corrected chi connectivity index (χ4v) is 4.34. The van der Waals surface area contributed by atoms with Crippen LogP contribution in [0.2, 0.25) is 0 Å². The van der Waals surface area contributed by atoms with Crippen LogP contribution in [0.4, 0.5) is 0 Å². The van der Waals surface area contributed by atoms with Crippen molar-refractivity contribution in [2.75, 3.05) is 12.3 Å². The third-order valence-electron chi connectivity index (χ3n) is 4.24. The summed E-state index contributed by atoms with van der Waals surface area (Å²) >= 11 is 2.10. The Labute approximate surface area is 108 Å². The summed E-state index contributed by atoms with van der Waals surface area (Å²) in [6.07, 6.45) is 5.54. The van der Waals surface area contributed by atoms with Crippen LogP contribution in [0.5, 0.6) is 0 Å². The van der Waals surface area contributed by atoms with Crippen LogP contribution >= 0.6 is 11.8 Å². The lowest BCUT2D eigenvalue weighted by atomic mass is 9.87. The maximum Gasteiger partial charge on any atom is 0.0926 e. The zero-order chi connectivity index (χ0) is 12.3. The van der Waals surface area contributed by atoms with Crippen LogP contribution in [0.1, 0.15) is 39.0 Å². The molecule has 0 radical (unpaired) electrons. The Hall–Kier alpha value is 0.230. The lowest BCUT2D eigenvalue weighted by Crippen LogP contribution is -2.55. The van der Waals surface area contributed by atoms with Crippen molar-refractivity contribution in [1.82, 2.24) is 5.32 Å². The summed E-state index contributed by atoms with van der Waals surface area (Å²) in [6, 6.07) is 0.363. The molecule has 3 nitrogen and oxygen atoms in total. The summed E-state index contributed by atoms with van der Waals surface area (Å²) in [6.45, 7) is 2.56. The molecule has 1 saturated heterocycles. The van der Waals surface area contributed by atoms with Crippen LogP contribution in [0.15, 0.2) is 0 Å². The molecule has 1 heterocycles. The van der Waals surface area contributed by atoms with Crippen molar-refractivity contribution in [3.05, 3.63) is 0 Å². The number of aliphatic hydroxyl groups excluding tert-OH is 2. The van der Waals surface area contributed by atoms with Gasteiger partial charge in [-0.05, 0) is 30.9 Å². The average Bonchev–Trinajstić information content (AvgIpc) is 2.82. The van der Waals surface area contributed by atoms with Crippen LogP contribution in [0, 0.1) is 5.92 Å². The molecule has 1 saturated carbocycles. The SMILES string of the molecule is C[C@@H]1[C@@H](O)[C@H](O)CN[C@@H]1CCSC1CCCC1. The van der Waals surface area contributed by atoms with Gasteiger partial charge in [0, 0.05) is 17.8 Å². The van der Waals surface area contributed by atoms with E-state index in [2.05, 4.69) is 17.1 Å². The molecule has 0 aromatic rings. The molecule has 17 heavy (non-hydrogen) atoms. The van der Waals surface area contributed by atoms with E-state index in [1.807, 2.05) is 6.92 Å². The second-order valence-corrected chi connectivity index (χ2v) is 6.91. The van der Waals surface area contributed by atoms with Crippen molar-refractivity contribution in [3.63, 3.8) is 0 Å². The highest BCUT2D eigenvalue weighted by Gasteiger charge is 2.34. The molecule has 1 aliphatic heterocycles. The van der Waals surface area contributed by atoms with E-state index in [4.69, 9.17) is 0 Å². The Kier molecular flexibility index (Phi) is 5.15. The van der Waals surface area contributed by atoms with Crippen molar-refractivity contribution in [2.24, 2.45) is 5.92 Å². The van der Waals surface area contributed by atoms with Crippen molar-refractivity contribution in [2.45, 2.75) is 62.5 Å². The summed E-state index contributed by atoms with van der Waals surface area (Å²) in [7, 11) is 0. The van der Waals surface area contributed by atoms with Gasteiger partial charge in [-0.25, -0.2) is 0 Å². The maximum atomic E-state index is 9.83. The van der Waals surface area contributed by atoms with Gasteiger partial charge in [-0.2, -0.15) is 11.8 Å². The number of hydrogen-bond donors (Lipinski definition) is 3. The van der Waals surface area contributed by atoms with Crippen LogP contribution < -0.4 is 5.32 Å². The zero-order valence-electron chi connectivity index (χ0n) is 10.6. The number of nitrogens with one attached hydrogen (secondary N) is 1. The van der Waals surface area contributed by atoms with Crippen LogP contribution in [0.25, 0.3) is 0 Å². The van der Waals surface area contributed by atoms with Gasteiger partial charge in [-0.1, -0.05) is 19.8 Å². The molecule has 0 aromatic carbocycles. The van der Waals surface area contributed by atoms with E-state index in [1.165, 1.54) is 31.4 Å². The quantitative estimate of drug-likeness (QED) is 0.714. The largest absolute Gasteiger partial charge is 0.390 e. The molecule has 2 rings (SSSR count). The second kappa shape index (κ2) is 6.41. The Bertz CT molecular complexity index is 233. The Morgan fingerprint density at radius 3 is 2.65 bits per heavy atom. The third kappa shape index (κ3) is 3.60. The van der Waals surface area contributed by atoms with E-state index < -0.39 is 12.2 Å². The average molecular weight is 259 g/mol. The van der Waals surface area contributed by atoms with E-state index in [0.717, 1.165) is 11.7 Å². The topological polar surface area (TPSA) is 52.5 Å². The van der Waals surface area contributed by atoms with Gasteiger partial charge in [-0.3, -0.25) is 0 Å². The van der Waals surface area contributed by atoms with Gasteiger partial charge in [0.05, 0.1) is 12.2 Å². The minimum absolute atomic E-state index is 0.155. The highest BCUT2D eigenvalue weighted by Crippen LogP contribution is 2.30. The van der Waals surface area contributed by atoms with Gasteiger partial charge in [0.2, 0.25) is 0 Å². The number of rotatable bonds is 4. The molecule has 0 spiro atoms. The first-order chi connectivity index (χ1) is 8.18. The molecule has 4 heteroatoms. The highest BCUT2D eigenvalue weighted by molar-refractivity contribution is 7.99. The predicted molar refractivity (Wildman–Crippen MR) is 72.3 cm³/mol. The van der Waals surface area contributed by atoms with E-state index in [9.17, 15) is 10.2 Å². The van der Waals surface area contributed by atoms with E-state index in [0.29, 0.717) is 12.6 Å². The molecule has 1 aliphatic carbocycles. The normalized spacial score (nSPS) is 39.7. The summed E-state index contributed by atoms with van der Waals surface area (Å²) < 4.78 is 0. The Morgan fingerprint density at radius 2 is 1.94 bits per heavy atom. The molecular formula is C13H25NO2S. The van der Waals surface area contributed by atoms with Crippen LogP contribution in [-0.2, 0) is 0 Å². The van der Waals surface area contributed by atoms with Gasteiger partial charge in [0.25, 0.3) is 0 Å². The lowest BCUT2D eigenvalue weighted by Gasteiger charge is -2.37. The number of thioether (sulfide) groups is 1. The van der Waals surface area contributed by atoms with Crippen molar-refractivity contribution >= 4 is 11.8 Å². The second-order valence-electron chi connectivity index (χ2n) is 5.50. The molecule has 2 fully saturated rings. The van der Waals surface area contributed by atoms with E-state index in [-0.39, 0.29) is 5.92 Å². The van der Waals surface area contributed by atoms with Gasteiger partial charge in [0.15, 0.2) is 0 Å². The molecule has 100 valence electrons. The standard InChI is InChI=1S/C13H25NO2S/c1-9-11(14-8-12(15)13(9)16)6-7-17-10-4-2-3-5-10/h9-16H,2-8H2,1H3/t9-,11+,12+,13+/m0/s1. The number of β-amino-alcohol motifs (C(OH)–C–C–N with tert-alkyl or cyclic N) is 1. The van der Waals surface area contributed by atoms with Crippen molar-refractivity contribution in [3.8, 4) is 0 Å². The monoisotopic (exact) mass is 259 g/mol. The molecule has 3 N–H and O–H groups in total. The molecule has 4 atom stereocenters. The summed E-state index contributed by atoms with van der Waals surface area (Å²) in [4.78, 5) is 0. The van der Waals surface area contributed by atoms with Crippen LogP contribution in [-0.4, -0.2) is 46.0 Å². The van der Waals surface area contributed by atoms with Gasteiger partial charge in [0.1, 0.15) is 0 Å². The molecule has 0 amide bonds. The summed E-state index contributed by atoms with van der Waals surface area (Å²) in [5.74, 6) is 1.33. The molecule has 0 bridgehead atoms. The fourth-order valence-electron chi connectivity index (χ4n) is 2.95. The lowest BCUT2D eigenvalue weighted by molar-refractivity contribution is -0.0461. The summed E-state index contributed by atoms with van der Waals surface area (Å²) in [5.41, 5.74) is 0.